The molecule has 0 spiro atoms. The molecule has 7 nitrogen and oxygen atoms in total. The number of rotatable bonds is 4. The number of aromatic nitrogens is 3. The van der Waals surface area contributed by atoms with E-state index in [1.54, 1.807) is 23.6 Å². The third kappa shape index (κ3) is 3.02. The van der Waals surface area contributed by atoms with Gasteiger partial charge >= 0.3 is 0 Å². The zero-order chi connectivity index (χ0) is 17.3. The van der Waals surface area contributed by atoms with Crippen molar-refractivity contribution in [1.29, 1.82) is 0 Å². The fraction of sp³-hybridized carbons (Fsp3) is 0.412. The Kier molecular flexibility index (Phi) is 4.33. The first kappa shape index (κ1) is 16.2. The molecule has 1 unspecified atom stereocenters. The third-order valence-corrected chi connectivity index (χ3v) is 4.42. The second kappa shape index (κ2) is 6.43. The Hall–Kier alpha value is -2.70. The number of amides is 2. The molecule has 0 aliphatic carbocycles. The van der Waals surface area contributed by atoms with Crippen molar-refractivity contribution < 1.29 is 9.59 Å². The number of carbonyl (C=O) groups is 2. The van der Waals surface area contributed by atoms with Crippen molar-refractivity contribution in [3.63, 3.8) is 0 Å². The molecule has 2 amide bonds. The Bertz CT molecular complexity index is 783. The van der Waals surface area contributed by atoms with E-state index in [1.807, 2.05) is 31.2 Å². The van der Waals surface area contributed by atoms with Crippen LogP contribution in [-0.4, -0.2) is 38.8 Å². The molecule has 1 aliphatic rings. The van der Waals surface area contributed by atoms with Gasteiger partial charge in [0, 0.05) is 7.05 Å². The second-order valence-corrected chi connectivity index (χ2v) is 6.18. The summed E-state index contributed by atoms with van der Waals surface area (Å²) in [4.78, 5) is 25.8. The molecule has 0 saturated carbocycles. The molecular weight excluding hydrogens is 306 g/mol. The number of likely N-dealkylation sites (N-methyl/N-ethyl adjacent to an activating group) is 1. The van der Waals surface area contributed by atoms with Crippen molar-refractivity contribution in [2.45, 2.75) is 39.4 Å². The zero-order valence-corrected chi connectivity index (χ0v) is 14.1. The van der Waals surface area contributed by atoms with Gasteiger partial charge < -0.3 is 10.2 Å². The number of nitrogens with one attached hydrogen (secondary N) is 1. The molecule has 1 atom stereocenters. The van der Waals surface area contributed by atoms with E-state index in [1.165, 1.54) is 0 Å². The molecular formula is C17H21N5O2. The quantitative estimate of drug-likeness (QED) is 0.908. The first-order chi connectivity index (χ1) is 11.5. The van der Waals surface area contributed by atoms with Gasteiger partial charge in [-0.05, 0) is 25.0 Å². The molecule has 1 aliphatic heterocycles. The van der Waals surface area contributed by atoms with Crippen LogP contribution in [0.25, 0.3) is 0 Å². The van der Waals surface area contributed by atoms with Gasteiger partial charge in [-0.25, -0.2) is 4.68 Å². The molecule has 1 aromatic heterocycles. The highest BCUT2D eigenvalue weighted by Crippen LogP contribution is 2.21. The van der Waals surface area contributed by atoms with Crippen LogP contribution in [-0.2, 0) is 29.1 Å². The largest absolute Gasteiger partial charge is 0.350 e. The van der Waals surface area contributed by atoms with Crippen molar-refractivity contribution in [1.82, 2.24) is 25.2 Å². The average molecular weight is 327 g/mol. The van der Waals surface area contributed by atoms with Gasteiger partial charge in [-0.3, -0.25) is 9.59 Å². The SMILES string of the molecule is Cc1ccccc1CC(=O)NCc1nnn2c1CN(C)C(=O)C2C. The molecule has 0 fully saturated rings. The van der Waals surface area contributed by atoms with Crippen LogP contribution >= 0.6 is 0 Å². The van der Waals surface area contributed by atoms with Crippen LogP contribution in [0.2, 0.25) is 0 Å². The van der Waals surface area contributed by atoms with Gasteiger partial charge in [0.15, 0.2) is 0 Å². The van der Waals surface area contributed by atoms with Crippen LogP contribution in [0.4, 0.5) is 0 Å². The van der Waals surface area contributed by atoms with Crippen LogP contribution < -0.4 is 5.32 Å². The molecule has 0 bridgehead atoms. The Balaban J connectivity index is 1.66. The first-order valence-electron chi connectivity index (χ1n) is 7.96. The fourth-order valence-electron chi connectivity index (χ4n) is 2.91. The van der Waals surface area contributed by atoms with Gasteiger partial charge in [0.05, 0.1) is 25.2 Å². The minimum atomic E-state index is -0.359. The molecule has 126 valence electrons. The van der Waals surface area contributed by atoms with Gasteiger partial charge in [-0.15, -0.1) is 5.10 Å². The standard InChI is InChI=1S/C17H21N5O2/c1-11-6-4-5-7-13(11)8-16(23)18-9-14-15-10-21(3)17(24)12(2)22(15)20-19-14/h4-7,12H,8-10H2,1-3H3,(H,18,23). The molecule has 2 aromatic rings. The maximum atomic E-state index is 12.2. The number of fused-ring (bicyclic) bond motifs is 1. The van der Waals surface area contributed by atoms with Gasteiger partial charge in [0.1, 0.15) is 11.7 Å². The highest BCUT2D eigenvalue weighted by atomic mass is 16.2. The van der Waals surface area contributed by atoms with Gasteiger partial charge in [0.2, 0.25) is 11.8 Å². The van der Waals surface area contributed by atoms with E-state index >= 15 is 0 Å². The molecule has 0 radical (unpaired) electrons. The van der Waals surface area contributed by atoms with E-state index in [0.29, 0.717) is 25.2 Å². The summed E-state index contributed by atoms with van der Waals surface area (Å²) in [6.45, 7) is 4.57. The summed E-state index contributed by atoms with van der Waals surface area (Å²) in [6, 6.07) is 7.48. The Morgan fingerprint density at radius 1 is 1.38 bits per heavy atom. The summed E-state index contributed by atoms with van der Waals surface area (Å²) in [7, 11) is 1.76. The van der Waals surface area contributed by atoms with Crippen molar-refractivity contribution in [3.05, 3.63) is 46.8 Å². The lowest BCUT2D eigenvalue weighted by atomic mass is 10.1. The molecule has 2 heterocycles. The Morgan fingerprint density at radius 2 is 2.12 bits per heavy atom. The van der Waals surface area contributed by atoms with Crippen LogP contribution in [0.15, 0.2) is 24.3 Å². The first-order valence-corrected chi connectivity index (χ1v) is 7.96. The predicted molar refractivity (Wildman–Crippen MR) is 87.9 cm³/mol. The maximum Gasteiger partial charge on any atom is 0.247 e. The van der Waals surface area contributed by atoms with Gasteiger partial charge in [-0.2, -0.15) is 0 Å². The molecule has 7 heteroatoms. The minimum Gasteiger partial charge on any atom is -0.350 e. The molecule has 24 heavy (non-hydrogen) atoms. The monoisotopic (exact) mass is 327 g/mol. The molecule has 1 aromatic carbocycles. The number of benzene rings is 1. The molecule has 0 saturated heterocycles. The third-order valence-electron chi connectivity index (χ3n) is 4.42. The highest BCUT2D eigenvalue weighted by Gasteiger charge is 2.31. The van der Waals surface area contributed by atoms with E-state index in [9.17, 15) is 9.59 Å². The summed E-state index contributed by atoms with van der Waals surface area (Å²) in [5, 5.41) is 11.1. The average Bonchev–Trinajstić information content (AvgIpc) is 2.96. The normalized spacial score (nSPS) is 16.9. The van der Waals surface area contributed by atoms with Crippen LogP contribution in [0.3, 0.4) is 0 Å². The van der Waals surface area contributed by atoms with E-state index in [-0.39, 0.29) is 17.9 Å². The summed E-state index contributed by atoms with van der Waals surface area (Å²) in [5.74, 6) is -0.0399. The molecule has 1 N–H and O–H groups in total. The van der Waals surface area contributed by atoms with Crippen LogP contribution in [0.5, 0.6) is 0 Å². The number of hydrogen-bond acceptors (Lipinski definition) is 4. The van der Waals surface area contributed by atoms with E-state index in [2.05, 4.69) is 15.6 Å². The predicted octanol–water partition coefficient (Wildman–Crippen LogP) is 0.978. The van der Waals surface area contributed by atoms with Crippen LogP contribution in [0, 0.1) is 6.92 Å². The topological polar surface area (TPSA) is 80.1 Å². The second-order valence-electron chi connectivity index (χ2n) is 6.18. The summed E-state index contributed by atoms with van der Waals surface area (Å²) < 4.78 is 1.64. The summed E-state index contributed by atoms with van der Waals surface area (Å²) in [5.41, 5.74) is 3.70. The smallest absolute Gasteiger partial charge is 0.247 e. The minimum absolute atomic E-state index is 0.0162. The van der Waals surface area contributed by atoms with Crippen molar-refractivity contribution in [3.8, 4) is 0 Å². The fourth-order valence-corrected chi connectivity index (χ4v) is 2.91. The van der Waals surface area contributed by atoms with E-state index in [0.717, 1.165) is 16.8 Å². The number of hydrogen-bond donors (Lipinski definition) is 1. The lowest BCUT2D eigenvalue weighted by Gasteiger charge is -2.28. The highest BCUT2D eigenvalue weighted by molar-refractivity contribution is 5.81. The Morgan fingerprint density at radius 3 is 2.88 bits per heavy atom. The number of nitrogens with zero attached hydrogens (tertiary/aromatic N) is 4. The van der Waals surface area contributed by atoms with Crippen molar-refractivity contribution >= 4 is 11.8 Å². The number of aryl methyl sites for hydroxylation is 1. The van der Waals surface area contributed by atoms with E-state index < -0.39 is 0 Å². The van der Waals surface area contributed by atoms with Crippen LogP contribution in [0.1, 0.15) is 35.5 Å². The van der Waals surface area contributed by atoms with E-state index in [4.69, 9.17) is 0 Å². The van der Waals surface area contributed by atoms with Gasteiger partial charge in [-0.1, -0.05) is 29.5 Å². The Labute approximate surface area is 140 Å². The lowest BCUT2D eigenvalue weighted by Crippen LogP contribution is -2.39. The molecule has 3 rings (SSSR count). The summed E-state index contributed by atoms with van der Waals surface area (Å²) >= 11 is 0. The van der Waals surface area contributed by atoms with Gasteiger partial charge in [0.25, 0.3) is 0 Å². The number of carbonyl (C=O) groups excluding carboxylic acids is 2. The zero-order valence-electron chi connectivity index (χ0n) is 14.1. The lowest BCUT2D eigenvalue weighted by molar-refractivity contribution is -0.135. The van der Waals surface area contributed by atoms with Crippen molar-refractivity contribution in [2.24, 2.45) is 0 Å². The maximum absolute atomic E-state index is 12.2. The van der Waals surface area contributed by atoms with Crippen molar-refractivity contribution in [2.75, 3.05) is 7.05 Å². The summed E-state index contributed by atoms with van der Waals surface area (Å²) in [6.07, 6.45) is 0.338.